The zero-order valence-electron chi connectivity index (χ0n) is 11.6. The van der Waals surface area contributed by atoms with Gasteiger partial charge in [-0.1, -0.05) is 0 Å². The summed E-state index contributed by atoms with van der Waals surface area (Å²) < 4.78 is 7.21. The van der Waals surface area contributed by atoms with Crippen molar-refractivity contribution >= 4 is 28.5 Å². The highest BCUT2D eigenvalue weighted by Gasteiger charge is 2.13. The van der Waals surface area contributed by atoms with Gasteiger partial charge in [0.2, 0.25) is 0 Å². The van der Waals surface area contributed by atoms with Crippen LogP contribution >= 0.6 is 11.8 Å². The molecule has 0 saturated carbocycles. The number of fused-ring (bicyclic) bond motifs is 1. The van der Waals surface area contributed by atoms with Crippen LogP contribution in [0.25, 0.3) is 11.1 Å². The number of benzene rings is 1. The second-order valence-corrected chi connectivity index (χ2v) is 5.79. The minimum Gasteiger partial charge on any atom is -0.431 e. The maximum Gasteiger partial charge on any atom is 0.283 e. The summed E-state index contributed by atoms with van der Waals surface area (Å²) in [5, 5.41) is 0.715. The van der Waals surface area contributed by atoms with Crippen molar-refractivity contribution in [2.45, 2.75) is 30.1 Å². The van der Waals surface area contributed by atoms with E-state index in [0.717, 1.165) is 11.8 Å². The number of nitrogen functional groups attached to an aromatic ring is 1. The molecule has 0 spiro atoms. The third kappa shape index (κ3) is 2.64. The van der Waals surface area contributed by atoms with E-state index in [-0.39, 0.29) is 11.6 Å². The fraction of sp³-hybridized carbons (Fsp3) is 0.214. The topological polar surface area (TPSA) is 86.9 Å². The van der Waals surface area contributed by atoms with Gasteiger partial charge in [-0.25, -0.2) is 9.97 Å². The molecule has 3 aromatic rings. The number of nitrogens with zero attached hydrogens (tertiary/aromatic N) is 3. The Morgan fingerprint density at radius 1 is 1.38 bits per heavy atom. The van der Waals surface area contributed by atoms with Gasteiger partial charge in [-0.2, -0.15) is 0 Å². The molecule has 2 N–H and O–H groups in total. The van der Waals surface area contributed by atoms with Crippen molar-refractivity contribution < 1.29 is 4.42 Å². The normalized spacial score (nSPS) is 11.4. The standard InChI is InChI=1S/C14H14N4O2S/c1-8(2)18-6-5-16-12(13(18)19)21-14-17-10-7-9(15)3-4-11(10)20-14/h3-8H,15H2,1-2H3. The average Bonchev–Trinajstić information content (AvgIpc) is 2.82. The first-order valence-electron chi connectivity index (χ1n) is 6.45. The quantitative estimate of drug-likeness (QED) is 0.748. The number of anilines is 1. The van der Waals surface area contributed by atoms with E-state index in [4.69, 9.17) is 10.2 Å². The van der Waals surface area contributed by atoms with Gasteiger partial charge >= 0.3 is 0 Å². The number of hydrogen-bond donors (Lipinski definition) is 1. The second-order valence-electron chi connectivity index (χ2n) is 4.85. The summed E-state index contributed by atoms with van der Waals surface area (Å²) in [6, 6.07) is 5.30. The maximum atomic E-state index is 12.3. The summed E-state index contributed by atoms with van der Waals surface area (Å²) in [6.07, 6.45) is 3.27. The van der Waals surface area contributed by atoms with Crippen molar-refractivity contribution in [2.24, 2.45) is 0 Å². The minimum absolute atomic E-state index is 0.0725. The molecule has 7 heteroatoms. The lowest BCUT2D eigenvalue weighted by Gasteiger charge is -2.09. The Labute approximate surface area is 125 Å². The molecule has 3 rings (SSSR count). The van der Waals surface area contributed by atoms with Crippen LogP contribution in [0.15, 0.2) is 50.1 Å². The van der Waals surface area contributed by atoms with E-state index in [2.05, 4.69) is 9.97 Å². The summed E-state index contributed by atoms with van der Waals surface area (Å²) in [5.74, 6) is 0. The molecule has 2 heterocycles. The van der Waals surface area contributed by atoms with E-state index in [1.54, 1.807) is 35.2 Å². The van der Waals surface area contributed by atoms with Crippen LogP contribution < -0.4 is 11.3 Å². The van der Waals surface area contributed by atoms with E-state index in [1.165, 1.54) is 0 Å². The molecule has 2 aromatic heterocycles. The Morgan fingerprint density at radius 2 is 2.19 bits per heavy atom. The first kappa shape index (κ1) is 13.7. The van der Waals surface area contributed by atoms with Crippen LogP contribution in [-0.4, -0.2) is 14.5 Å². The van der Waals surface area contributed by atoms with Crippen LogP contribution in [0, 0.1) is 0 Å². The summed E-state index contributed by atoms with van der Waals surface area (Å²) >= 11 is 1.11. The van der Waals surface area contributed by atoms with Crippen molar-refractivity contribution in [3.63, 3.8) is 0 Å². The van der Waals surface area contributed by atoms with Crippen molar-refractivity contribution in [1.29, 1.82) is 0 Å². The van der Waals surface area contributed by atoms with E-state index < -0.39 is 0 Å². The van der Waals surface area contributed by atoms with Gasteiger partial charge in [0.25, 0.3) is 10.8 Å². The van der Waals surface area contributed by atoms with Crippen LogP contribution in [0.3, 0.4) is 0 Å². The molecule has 0 unspecified atom stereocenters. The fourth-order valence-corrected chi connectivity index (χ4v) is 2.68. The molecule has 0 fully saturated rings. The lowest BCUT2D eigenvalue weighted by molar-refractivity contribution is 0.488. The molecular weight excluding hydrogens is 288 g/mol. The molecule has 6 nitrogen and oxygen atoms in total. The van der Waals surface area contributed by atoms with Crippen molar-refractivity contribution in [1.82, 2.24) is 14.5 Å². The predicted molar refractivity (Wildman–Crippen MR) is 81.4 cm³/mol. The molecule has 108 valence electrons. The van der Waals surface area contributed by atoms with Gasteiger partial charge in [-0.3, -0.25) is 4.79 Å². The van der Waals surface area contributed by atoms with Crippen LogP contribution in [0.2, 0.25) is 0 Å². The highest BCUT2D eigenvalue weighted by atomic mass is 32.2. The summed E-state index contributed by atoms with van der Waals surface area (Å²) in [7, 11) is 0. The lowest BCUT2D eigenvalue weighted by Crippen LogP contribution is -2.23. The fourth-order valence-electron chi connectivity index (χ4n) is 1.93. The molecule has 0 saturated heterocycles. The number of rotatable bonds is 3. The molecule has 0 aliphatic heterocycles. The number of aromatic nitrogens is 3. The van der Waals surface area contributed by atoms with Crippen LogP contribution in [0.4, 0.5) is 5.69 Å². The molecule has 21 heavy (non-hydrogen) atoms. The van der Waals surface area contributed by atoms with Crippen LogP contribution in [0.5, 0.6) is 0 Å². The number of oxazole rings is 1. The van der Waals surface area contributed by atoms with Gasteiger partial charge in [0.1, 0.15) is 5.52 Å². The Hall–Kier alpha value is -2.28. The molecule has 0 radical (unpaired) electrons. The lowest BCUT2D eigenvalue weighted by atomic mass is 10.3. The Morgan fingerprint density at radius 3 is 2.95 bits per heavy atom. The predicted octanol–water partition coefficient (Wildman–Crippen LogP) is 2.70. The average molecular weight is 302 g/mol. The van der Waals surface area contributed by atoms with Gasteiger partial charge in [0.05, 0.1) is 0 Å². The third-order valence-electron chi connectivity index (χ3n) is 2.97. The molecule has 0 bridgehead atoms. The van der Waals surface area contributed by atoms with Gasteiger partial charge in [0.15, 0.2) is 10.6 Å². The summed E-state index contributed by atoms with van der Waals surface area (Å²) in [4.78, 5) is 20.7. The van der Waals surface area contributed by atoms with Crippen molar-refractivity contribution in [3.8, 4) is 0 Å². The Kier molecular flexibility index (Phi) is 3.42. The Bertz CT molecular complexity index is 854. The summed E-state index contributed by atoms with van der Waals surface area (Å²) in [6.45, 7) is 3.89. The highest BCUT2D eigenvalue weighted by molar-refractivity contribution is 7.99. The molecular formula is C14H14N4O2S. The van der Waals surface area contributed by atoms with E-state index in [0.29, 0.717) is 27.0 Å². The first-order valence-corrected chi connectivity index (χ1v) is 7.27. The zero-order valence-corrected chi connectivity index (χ0v) is 12.4. The van der Waals surface area contributed by atoms with Crippen LogP contribution in [0.1, 0.15) is 19.9 Å². The second kappa shape index (κ2) is 5.25. The monoisotopic (exact) mass is 302 g/mol. The first-order chi connectivity index (χ1) is 10.0. The number of hydrogen-bond acceptors (Lipinski definition) is 6. The molecule has 0 atom stereocenters. The van der Waals surface area contributed by atoms with E-state index in [9.17, 15) is 4.79 Å². The van der Waals surface area contributed by atoms with E-state index in [1.807, 2.05) is 13.8 Å². The highest BCUT2D eigenvalue weighted by Crippen LogP contribution is 2.27. The minimum atomic E-state index is -0.153. The SMILES string of the molecule is CC(C)n1ccnc(Sc2nc3cc(N)ccc3o2)c1=O. The number of nitrogens with two attached hydrogens (primary N) is 1. The largest absolute Gasteiger partial charge is 0.431 e. The molecule has 0 aliphatic rings. The molecule has 1 aromatic carbocycles. The molecule has 0 amide bonds. The van der Waals surface area contributed by atoms with Gasteiger partial charge in [-0.05, 0) is 43.8 Å². The van der Waals surface area contributed by atoms with Crippen LogP contribution in [-0.2, 0) is 0 Å². The third-order valence-corrected chi connectivity index (χ3v) is 3.79. The molecule has 0 aliphatic carbocycles. The van der Waals surface area contributed by atoms with Gasteiger partial charge in [0, 0.05) is 24.1 Å². The van der Waals surface area contributed by atoms with Crippen molar-refractivity contribution in [2.75, 3.05) is 5.73 Å². The smallest absolute Gasteiger partial charge is 0.283 e. The summed E-state index contributed by atoms with van der Waals surface area (Å²) in [5.41, 5.74) is 7.47. The maximum absolute atomic E-state index is 12.3. The van der Waals surface area contributed by atoms with Gasteiger partial charge in [-0.15, -0.1) is 0 Å². The van der Waals surface area contributed by atoms with Crippen molar-refractivity contribution in [3.05, 3.63) is 40.9 Å². The van der Waals surface area contributed by atoms with E-state index >= 15 is 0 Å². The zero-order chi connectivity index (χ0) is 15.0. The van der Waals surface area contributed by atoms with Gasteiger partial charge < -0.3 is 14.7 Å². The Balaban J connectivity index is 1.99.